The summed E-state index contributed by atoms with van der Waals surface area (Å²) in [5.74, 6) is 2.82. The van der Waals surface area contributed by atoms with Crippen molar-refractivity contribution in [2.45, 2.75) is 39.8 Å². The lowest BCUT2D eigenvalue weighted by atomic mass is 10.2. The molecular weight excluding hydrogens is 463 g/mol. The molecule has 26 heavy (non-hydrogen) atoms. The maximum atomic E-state index is 5.41. The van der Waals surface area contributed by atoms with Crippen molar-refractivity contribution in [3.63, 3.8) is 0 Å². The standard InChI is InChI=1S/C18H24N4O2S.HI/c1-4-19-18(21-9-14-10-25-17(22-14)12(2)3)20-8-13-5-6-15-16(7-13)24-11-23-15;/h5-7,10,12H,4,8-9,11H2,1-3H3,(H2,19,20,21);1H. The first-order valence-corrected chi connectivity index (χ1v) is 9.38. The first kappa shape index (κ1) is 20.8. The normalized spacial score (nSPS) is 12.8. The lowest BCUT2D eigenvalue weighted by molar-refractivity contribution is 0.174. The van der Waals surface area contributed by atoms with Gasteiger partial charge in [0, 0.05) is 17.8 Å². The van der Waals surface area contributed by atoms with Crippen LogP contribution < -0.4 is 20.1 Å². The van der Waals surface area contributed by atoms with Crippen LogP contribution in [0, 0.1) is 0 Å². The van der Waals surface area contributed by atoms with Crippen LogP contribution in [0.15, 0.2) is 28.6 Å². The Morgan fingerprint density at radius 2 is 2.08 bits per heavy atom. The van der Waals surface area contributed by atoms with Crippen molar-refractivity contribution in [3.8, 4) is 11.5 Å². The van der Waals surface area contributed by atoms with Crippen LogP contribution in [-0.4, -0.2) is 24.3 Å². The maximum absolute atomic E-state index is 5.41. The quantitative estimate of drug-likeness (QED) is 0.367. The number of nitrogens with zero attached hydrogens (tertiary/aromatic N) is 2. The summed E-state index contributed by atoms with van der Waals surface area (Å²) in [6.45, 7) is 8.70. The first-order chi connectivity index (χ1) is 12.2. The Morgan fingerprint density at radius 3 is 2.81 bits per heavy atom. The highest BCUT2D eigenvalue weighted by Gasteiger charge is 2.13. The number of benzene rings is 1. The Hall–Kier alpha value is -1.55. The minimum atomic E-state index is 0. The molecule has 2 heterocycles. The van der Waals surface area contributed by atoms with E-state index in [4.69, 9.17) is 9.47 Å². The molecule has 1 aliphatic heterocycles. The van der Waals surface area contributed by atoms with E-state index in [1.165, 1.54) is 5.01 Å². The molecule has 0 radical (unpaired) electrons. The van der Waals surface area contributed by atoms with Crippen molar-refractivity contribution < 1.29 is 9.47 Å². The number of hydrogen-bond acceptors (Lipinski definition) is 5. The predicted molar refractivity (Wildman–Crippen MR) is 116 cm³/mol. The molecule has 2 N–H and O–H groups in total. The van der Waals surface area contributed by atoms with Crippen molar-refractivity contribution in [2.24, 2.45) is 4.99 Å². The molecule has 1 aliphatic rings. The van der Waals surface area contributed by atoms with Crippen LogP contribution in [0.3, 0.4) is 0 Å². The lowest BCUT2D eigenvalue weighted by Crippen LogP contribution is -2.36. The van der Waals surface area contributed by atoms with Crippen LogP contribution in [-0.2, 0) is 13.1 Å². The number of ether oxygens (including phenoxy) is 2. The maximum Gasteiger partial charge on any atom is 0.231 e. The van der Waals surface area contributed by atoms with E-state index in [0.29, 0.717) is 19.0 Å². The SMILES string of the molecule is CCNC(=NCc1ccc2c(c1)OCO2)NCc1csc(C(C)C)n1.I. The zero-order valence-electron chi connectivity index (χ0n) is 15.2. The number of rotatable bonds is 6. The molecule has 6 nitrogen and oxygen atoms in total. The summed E-state index contributed by atoms with van der Waals surface area (Å²) < 4.78 is 10.7. The summed E-state index contributed by atoms with van der Waals surface area (Å²) in [5, 5.41) is 9.87. The number of nitrogens with one attached hydrogen (secondary N) is 2. The highest BCUT2D eigenvalue weighted by molar-refractivity contribution is 14.0. The summed E-state index contributed by atoms with van der Waals surface area (Å²) in [4.78, 5) is 9.28. The van der Waals surface area contributed by atoms with Crippen LogP contribution in [0.2, 0.25) is 0 Å². The highest BCUT2D eigenvalue weighted by atomic mass is 127. The minimum absolute atomic E-state index is 0. The van der Waals surface area contributed by atoms with E-state index in [-0.39, 0.29) is 30.8 Å². The molecule has 1 aromatic heterocycles. The molecule has 0 atom stereocenters. The molecule has 0 saturated carbocycles. The smallest absolute Gasteiger partial charge is 0.231 e. The molecule has 0 unspecified atom stereocenters. The Bertz CT molecular complexity index is 749. The fourth-order valence-corrected chi connectivity index (χ4v) is 3.23. The second-order valence-corrected chi connectivity index (χ2v) is 6.96. The number of guanidine groups is 1. The van der Waals surface area contributed by atoms with E-state index in [0.717, 1.165) is 35.3 Å². The van der Waals surface area contributed by atoms with E-state index in [1.807, 2.05) is 18.2 Å². The summed E-state index contributed by atoms with van der Waals surface area (Å²) in [7, 11) is 0. The third-order valence-corrected chi connectivity index (χ3v) is 4.90. The summed E-state index contributed by atoms with van der Waals surface area (Å²) >= 11 is 1.71. The second kappa shape index (κ2) is 9.96. The monoisotopic (exact) mass is 488 g/mol. The molecule has 1 aromatic carbocycles. The fraction of sp³-hybridized carbons (Fsp3) is 0.444. The van der Waals surface area contributed by atoms with Gasteiger partial charge in [0.15, 0.2) is 17.5 Å². The predicted octanol–water partition coefficient (Wildman–Crippen LogP) is 3.87. The Kier molecular flexibility index (Phi) is 7.95. The van der Waals surface area contributed by atoms with E-state index in [9.17, 15) is 0 Å². The average Bonchev–Trinajstić information content (AvgIpc) is 3.25. The van der Waals surface area contributed by atoms with E-state index in [1.54, 1.807) is 11.3 Å². The molecule has 0 amide bonds. The van der Waals surface area contributed by atoms with E-state index >= 15 is 0 Å². The Morgan fingerprint density at radius 1 is 1.27 bits per heavy atom. The van der Waals surface area contributed by atoms with Gasteiger partial charge in [-0.3, -0.25) is 0 Å². The second-order valence-electron chi connectivity index (χ2n) is 6.07. The van der Waals surface area contributed by atoms with Gasteiger partial charge in [0.1, 0.15) is 0 Å². The molecular formula is C18H25IN4O2S. The Labute approximate surface area is 175 Å². The van der Waals surface area contributed by atoms with Gasteiger partial charge in [-0.05, 0) is 24.6 Å². The van der Waals surface area contributed by atoms with Gasteiger partial charge in [0.25, 0.3) is 0 Å². The molecule has 0 bridgehead atoms. The molecule has 2 aromatic rings. The van der Waals surface area contributed by atoms with Crippen molar-refractivity contribution in [1.82, 2.24) is 15.6 Å². The number of thiazole rings is 1. The van der Waals surface area contributed by atoms with Gasteiger partial charge in [0.05, 0.1) is 23.8 Å². The number of fused-ring (bicyclic) bond motifs is 1. The first-order valence-electron chi connectivity index (χ1n) is 8.50. The number of hydrogen-bond donors (Lipinski definition) is 2. The fourth-order valence-electron chi connectivity index (χ4n) is 2.39. The number of aromatic nitrogens is 1. The lowest BCUT2D eigenvalue weighted by Gasteiger charge is -2.10. The van der Waals surface area contributed by atoms with E-state index < -0.39 is 0 Å². The summed E-state index contributed by atoms with van der Waals surface area (Å²) in [6, 6.07) is 5.91. The minimum Gasteiger partial charge on any atom is -0.454 e. The largest absolute Gasteiger partial charge is 0.454 e. The average molecular weight is 488 g/mol. The zero-order valence-corrected chi connectivity index (χ0v) is 18.4. The molecule has 0 fully saturated rings. The molecule has 0 saturated heterocycles. The topological polar surface area (TPSA) is 67.8 Å². The van der Waals surface area contributed by atoms with Gasteiger partial charge in [-0.25, -0.2) is 9.98 Å². The molecule has 0 aliphatic carbocycles. The third-order valence-electron chi connectivity index (χ3n) is 3.70. The van der Waals surface area contributed by atoms with Crippen LogP contribution >= 0.6 is 35.3 Å². The van der Waals surface area contributed by atoms with Gasteiger partial charge in [-0.1, -0.05) is 19.9 Å². The van der Waals surface area contributed by atoms with Crippen LogP contribution in [0.1, 0.15) is 43.0 Å². The van der Waals surface area contributed by atoms with Crippen molar-refractivity contribution in [2.75, 3.05) is 13.3 Å². The molecule has 3 rings (SSSR count). The van der Waals surface area contributed by atoms with Crippen LogP contribution in [0.25, 0.3) is 0 Å². The van der Waals surface area contributed by atoms with Gasteiger partial charge < -0.3 is 20.1 Å². The zero-order chi connectivity index (χ0) is 17.6. The molecule has 8 heteroatoms. The van der Waals surface area contributed by atoms with Crippen LogP contribution in [0.4, 0.5) is 0 Å². The van der Waals surface area contributed by atoms with Crippen molar-refractivity contribution >= 4 is 41.3 Å². The van der Waals surface area contributed by atoms with Crippen molar-refractivity contribution in [3.05, 3.63) is 39.8 Å². The van der Waals surface area contributed by atoms with Crippen molar-refractivity contribution in [1.29, 1.82) is 0 Å². The Balaban J connectivity index is 0.00000243. The van der Waals surface area contributed by atoms with E-state index in [2.05, 4.69) is 46.8 Å². The van der Waals surface area contributed by atoms with Gasteiger partial charge in [0.2, 0.25) is 6.79 Å². The molecule has 142 valence electrons. The number of aliphatic imine (C=N–C) groups is 1. The summed E-state index contributed by atoms with van der Waals surface area (Å²) in [6.07, 6.45) is 0. The van der Waals surface area contributed by atoms with Gasteiger partial charge in [-0.15, -0.1) is 35.3 Å². The number of halogens is 1. The van der Waals surface area contributed by atoms with Gasteiger partial charge in [-0.2, -0.15) is 0 Å². The molecule has 0 spiro atoms. The third kappa shape index (κ3) is 5.47. The summed E-state index contributed by atoms with van der Waals surface area (Å²) in [5.41, 5.74) is 2.12. The van der Waals surface area contributed by atoms with Crippen LogP contribution in [0.5, 0.6) is 11.5 Å². The highest BCUT2D eigenvalue weighted by Crippen LogP contribution is 2.32. The van der Waals surface area contributed by atoms with Gasteiger partial charge >= 0.3 is 0 Å².